The first-order valence-corrected chi connectivity index (χ1v) is 6.43. The van der Waals surface area contributed by atoms with E-state index in [1.54, 1.807) is 30.1 Å². The summed E-state index contributed by atoms with van der Waals surface area (Å²) >= 11 is 0. The molecular formula is C14H20F2N2. The van der Waals surface area contributed by atoms with Gasteiger partial charge >= 0.3 is 0 Å². The summed E-state index contributed by atoms with van der Waals surface area (Å²) in [6.45, 7) is 1.20. The summed E-state index contributed by atoms with van der Waals surface area (Å²) in [5.74, 6) is -2.78. The normalized spacial score (nSPS) is 16.2. The minimum absolute atomic E-state index is 0.0898. The summed E-state index contributed by atoms with van der Waals surface area (Å²) in [6, 6.07) is 8.65. The number of halogens is 2. The number of nitrogens with zero attached hydrogens (tertiary/aromatic N) is 1. The van der Waals surface area contributed by atoms with Crippen LogP contribution in [-0.2, 0) is 5.92 Å². The van der Waals surface area contributed by atoms with Gasteiger partial charge in [0, 0.05) is 24.7 Å². The number of hydrogen-bond acceptors (Lipinski definition) is 2. The van der Waals surface area contributed by atoms with Gasteiger partial charge in [0.1, 0.15) is 0 Å². The van der Waals surface area contributed by atoms with E-state index < -0.39 is 5.92 Å². The fourth-order valence-electron chi connectivity index (χ4n) is 1.94. The molecule has 1 saturated carbocycles. The largest absolute Gasteiger partial charge is 0.313 e. The van der Waals surface area contributed by atoms with Crippen LogP contribution in [0.1, 0.15) is 18.4 Å². The average molecular weight is 254 g/mol. The van der Waals surface area contributed by atoms with E-state index in [2.05, 4.69) is 5.32 Å². The monoisotopic (exact) mass is 254 g/mol. The van der Waals surface area contributed by atoms with Crippen molar-refractivity contribution < 1.29 is 8.78 Å². The molecule has 100 valence electrons. The molecule has 0 radical (unpaired) electrons. The first-order valence-electron chi connectivity index (χ1n) is 6.43. The van der Waals surface area contributed by atoms with E-state index in [-0.39, 0.29) is 12.1 Å². The number of hydrogen-bond donors (Lipinski definition) is 1. The lowest BCUT2D eigenvalue weighted by atomic mass is 10.1. The molecule has 2 rings (SSSR count). The molecule has 1 aromatic carbocycles. The molecule has 1 aliphatic carbocycles. The molecule has 0 aliphatic heterocycles. The third kappa shape index (κ3) is 4.03. The topological polar surface area (TPSA) is 15.3 Å². The first-order chi connectivity index (χ1) is 8.58. The Kier molecular flexibility index (Phi) is 4.30. The fraction of sp³-hybridized carbons (Fsp3) is 0.571. The van der Waals surface area contributed by atoms with Gasteiger partial charge in [0.15, 0.2) is 0 Å². The van der Waals surface area contributed by atoms with Crippen molar-refractivity contribution in [1.82, 2.24) is 10.2 Å². The maximum absolute atomic E-state index is 13.9. The zero-order valence-corrected chi connectivity index (χ0v) is 10.7. The SMILES string of the molecule is CN(CCNC1CC1)CC(F)(F)c1ccccc1. The van der Waals surface area contributed by atoms with E-state index in [9.17, 15) is 8.78 Å². The standard InChI is InChI=1S/C14H20F2N2/c1-18(10-9-17-13-7-8-13)11-14(15,16)12-5-3-2-4-6-12/h2-6,13,17H,7-11H2,1H3. The van der Waals surface area contributed by atoms with Crippen LogP contribution in [0.5, 0.6) is 0 Å². The highest BCUT2D eigenvalue weighted by molar-refractivity contribution is 5.20. The van der Waals surface area contributed by atoms with Crippen molar-refractivity contribution in [1.29, 1.82) is 0 Å². The summed E-state index contributed by atoms with van der Waals surface area (Å²) in [5, 5.41) is 3.33. The van der Waals surface area contributed by atoms with Crippen LogP contribution >= 0.6 is 0 Å². The van der Waals surface area contributed by atoms with Crippen LogP contribution in [0.4, 0.5) is 8.78 Å². The smallest absolute Gasteiger partial charge is 0.285 e. The highest BCUT2D eigenvalue weighted by atomic mass is 19.3. The maximum atomic E-state index is 13.9. The van der Waals surface area contributed by atoms with Crippen molar-refractivity contribution in [2.45, 2.75) is 24.8 Å². The molecule has 0 atom stereocenters. The van der Waals surface area contributed by atoms with Gasteiger partial charge in [-0.1, -0.05) is 30.3 Å². The van der Waals surface area contributed by atoms with Gasteiger partial charge in [-0.25, -0.2) is 0 Å². The molecule has 0 heterocycles. The Labute approximate surface area is 107 Å². The number of benzene rings is 1. The van der Waals surface area contributed by atoms with Crippen molar-refractivity contribution in [3.8, 4) is 0 Å². The number of alkyl halides is 2. The first kappa shape index (κ1) is 13.4. The molecule has 18 heavy (non-hydrogen) atoms. The fourth-order valence-corrected chi connectivity index (χ4v) is 1.94. The van der Waals surface area contributed by atoms with Crippen LogP contribution in [0.15, 0.2) is 30.3 Å². The predicted molar refractivity (Wildman–Crippen MR) is 68.9 cm³/mol. The minimum atomic E-state index is -2.78. The van der Waals surface area contributed by atoms with E-state index in [1.807, 2.05) is 0 Å². The maximum Gasteiger partial charge on any atom is 0.285 e. The zero-order valence-electron chi connectivity index (χ0n) is 10.7. The second-order valence-electron chi connectivity index (χ2n) is 5.04. The van der Waals surface area contributed by atoms with E-state index >= 15 is 0 Å². The Morgan fingerprint density at radius 2 is 1.94 bits per heavy atom. The average Bonchev–Trinajstić information content (AvgIpc) is 3.13. The van der Waals surface area contributed by atoms with Crippen molar-refractivity contribution in [2.24, 2.45) is 0 Å². The Morgan fingerprint density at radius 1 is 1.28 bits per heavy atom. The molecule has 4 heteroatoms. The van der Waals surface area contributed by atoms with E-state index in [0.29, 0.717) is 12.6 Å². The number of rotatable bonds is 7. The third-order valence-corrected chi connectivity index (χ3v) is 3.17. The van der Waals surface area contributed by atoms with Gasteiger partial charge in [-0.05, 0) is 19.9 Å². The van der Waals surface area contributed by atoms with Gasteiger partial charge in [0.2, 0.25) is 0 Å². The molecule has 1 aromatic rings. The summed E-state index contributed by atoms with van der Waals surface area (Å²) in [4.78, 5) is 1.68. The minimum Gasteiger partial charge on any atom is -0.313 e. The molecule has 0 amide bonds. The number of nitrogens with one attached hydrogen (secondary N) is 1. The molecule has 1 N–H and O–H groups in total. The third-order valence-electron chi connectivity index (χ3n) is 3.17. The van der Waals surface area contributed by atoms with Gasteiger partial charge in [-0.15, -0.1) is 0 Å². The van der Waals surface area contributed by atoms with Crippen LogP contribution in [0.3, 0.4) is 0 Å². The predicted octanol–water partition coefficient (Wildman–Crippen LogP) is 2.46. The second kappa shape index (κ2) is 5.76. The van der Waals surface area contributed by atoms with Gasteiger partial charge in [0.25, 0.3) is 5.92 Å². The molecule has 0 bridgehead atoms. The van der Waals surface area contributed by atoms with Crippen LogP contribution < -0.4 is 5.32 Å². The lowest BCUT2D eigenvalue weighted by Crippen LogP contribution is -2.37. The van der Waals surface area contributed by atoms with Crippen molar-refractivity contribution in [3.05, 3.63) is 35.9 Å². The van der Waals surface area contributed by atoms with Gasteiger partial charge in [0.05, 0.1) is 6.54 Å². The summed E-state index contributed by atoms with van der Waals surface area (Å²) in [5.41, 5.74) is 0.0898. The lowest BCUT2D eigenvalue weighted by molar-refractivity contribution is -0.0318. The highest BCUT2D eigenvalue weighted by Gasteiger charge is 2.32. The van der Waals surface area contributed by atoms with Crippen molar-refractivity contribution in [3.63, 3.8) is 0 Å². The van der Waals surface area contributed by atoms with Crippen LogP contribution in [0.2, 0.25) is 0 Å². The lowest BCUT2D eigenvalue weighted by Gasteiger charge is -2.24. The van der Waals surface area contributed by atoms with Gasteiger partial charge in [-0.2, -0.15) is 8.78 Å². The van der Waals surface area contributed by atoms with E-state index in [1.165, 1.54) is 25.0 Å². The zero-order chi connectivity index (χ0) is 13.0. The summed E-state index contributed by atoms with van der Waals surface area (Å²) < 4.78 is 27.9. The van der Waals surface area contributed by atoms with Gasteiger partial charge in [-0.3, -0.25) is 4.90 Å². The van der Waals surface area contributed by atoms with E-state index in [0.717, 1.165) is 6.54 Å². The summed E-state index contributed by atoms with van der Waals surface area (Å²) in [7, 11) is 1.74. The van der Waals surface area contributed by atoms with Crippen LogP contribution in [-0.4, -0.2) is 37.6 Å². The molecule has 0 unspecified atom stereocenters. The van der Waals surface area contributed by atoms with Crippen LogP contribution in [0, 0.1) is 0 Å². The Bertz CT molecular complexity index is 363. The summed E-state index contributed by atoms with van der Waals surface area (Å²) in [6.07, 6.45) is 2.45. The van der Waals surface area contributed by atoms with Crippen LogP contribution in [0.25, 0.3) is 0 Å². The van der Waals surface area contributed by atoms with Crippen molar-refractivity contribution >= 4 is 0 Å². The molecule has 1 fully saturated rings. The molecule has 0 aromatic heterocycles. The molecular weight excluding hydrogens is 234 g/mol. The highest BCUT2D eigenvalue weighted by Crippen LogP contribution is 2.28. The Hall–Kier alpha value is -1.00. The molecule has 0 spiro atoms. The second-order valence-corrected chi connectivity index (χ2v) is 5.04. The molecule has 0 saturated heterocycles. The van der Waals surface area contributed by atoms with Crippen molar-refractivity contribution in [2.75, 3.05) is 26.7 Å². The van der Waals surface area contributed by atoms with E-state index in [4.69, 9.17) is 0 Å². The number of likely N-dealkylation sites (N-methyl/N-ethyl adjacent to an activating group) is 1. The Morgan fingerprint density at radius 3 is 2.56 bits per heavy atom. The van der Waals surface area contributed by atoms with Gasteiger partial charge < -0.3 is 5.32 Å². The quantitative estimate of drug-likeness (QED) is 0.804. The molecule has 2 nitrogen and oxygen atoms in total. The Balaban J connectivity index is 1.78. The molecule has 1 aliphatic rings.